The number of sulfonamides is 1. The molecule has 3 rings (SSSR count). The van der Waals surface area contributed by atoms with Crippen molar-refractivity contribution in [2.24, 2.45) is 5.92 Å². The molecule has 1 fully saturated rings. The summed E-state index contributed by atoms with van der Waals surface area (Å²) in [5, 5.41) is 4.93. The minimum absolute atomic E-state index is 0.0326. The molecule has 31 heavy (non-hydrogen) atoms. The van der Waals surface area contributed by atoms with E-state index in [1.54, 1.807) is 11.3 Å². The molecule has 1 aliphatic heterocycles. The Bertz CT molecular complexity index is 1000. The lowest BCUT2D eigenvalue weighted by Crippen LogP contribution is -2.41. The molecule has 1 saturated heterocycles. The van der Waals surface area contributed by atoms with Gasteiger partial charge in [-0.05, 0) is 61.5 Å². The van der Waals surface area contributed by atoms with Crippen molar-refractivity contribution < 1.29 is 17.6 Å². The largest absolute Gasteiger partial charge is 0.350 e. The highest BCUT2D eigenvalue weighted by molar-refractivity contribution is 7.89. The van der Waals surface area contributed by atoms with Crippen LogP contribution in [0.15, 0.2) is 53.3 Å². The summed E-state index contributed by atoms with van der Waals surface area (Å²) in [6.07, 6.45) is 3.59. The summed E-state index contributed by atoms with van der Waals surface area (Å²) in [4.78, 5) is 15.8. The van der Waals surface area contributed by atoms with Crippen LogP contribution < -0.4 is 10.0 Å². The van der Waals surface area contributed by atoms with Crippen molar-refractivity contribution in [3.8, 4) is 0 Å². The summed E-state index contributed by atoms with van der Waals surface area (Å²) < 4.78 is 41.0. The number of carbonyl (C=O) groups is 1. The molecule has 0 spiro atoms. The molecule has 6 nitrogen and oxygen atoms in total. The van der Waals surface area contributed by atoms with Gasteiger partial charge in [0.25, 0.3) is 5.91 Å². The van der Waals surface area contributed by atoms with E-state index in [4.69, 9.17) is 0 Å². The first-order valence-corrected chi connectivity index (χ1v) is 12.6. The maximum absolute atomic E-state index is 14.1. The first-order chi connectivity index (χ1) is 14.8. The second-order valence-electron chi connectivity index (χ2n) is 7.75. The maximum atomic E-state index is 14.1. The van der Waals surface area contributed by atoms with E-state index in [0.29, 0.717) is 12.5 Å². The van der Waals surface area contributed by atoms with Crippen molar-refractivity contribution >= 4 is 27.3 Å². The lowest BCUT2D eigenvalue weighted by atomic mass is 9.97. The number of carbonyl (C=O) groups excluding carboxylic acids is 1. The third kappa shape index (κ3) is 6.00. The fourth-order valence-corrected chi connectivity index (χ4v) is 5.58. The molecule has 2 aromatic rings. The van der Waals surface area contributed by atoms with Crippen LogP contribution in [0.1, 0.15) is 41.0 Å². The monoisotopic (exact) mass is 465 g/mol. The van der Waals surface area contributed by atoms with E-state index >= 15 is 0 Å². The van der Waals surface area contributed by atoms with Gasteiger partial charge in [-0.2, -0.15) is 0 Å². The lowest BCUT2D eigenvalue weighted by molar-refractivity contribution is 0.0914. The van der Waals surface area contributed by atoms with Crippen LogP contribution in [0, 0.1) is 11.7 Å². The second kappa shape index (κ2) is 10.5. The van der Waals surface area contributed by atoms with E-state index in [-0.39, 0.29) is 18.2 Å². The molecule has 1 aliphatic rings. The number of amides is 1. The first-order valence-electron chi connectivity index (χ1n) is 10.3. The van der Waals surface area contributed by atoms with E-state index < -0.39 is 26.6 Å². The molecule has 2 N–H and O–H groups in total. The molecular weight excluding hydrogens is 437 g/mol. The van der Waals surface area contributed by atoms with Crippen molar-refractivity contribution in [3.63, 3.8) is 0 Å². The highest BCUT2D eigenvalue weighted by Gasteiger charge is 2.26. The zero-order chi connectivity index (χ0) is 22.4. The SMILES string of the molecule is C=CCNS(=O)(=O)c1cc(C(=O)NCC(c2cccs2)N2CCC(C)CC2)ccc1F. The molecule has 0 aliphatic carbocycles. The van der Waals surface area contributed by atoms with Crippen molar-refractivity contribution in [2.75, 3.05) is 26.2 Å². The summed E-state index contributed by atoms with van der Waals surface area (Å²) >= 11 is 1.65. The molecule has 1 atom stereocenters. The fourth-order valence-electron chi connectivity index (χ4n) is 3.62. The summed E-state index contributed by atoms with van der Waals surface area (Å²) in [6, 6.07) is 7.47. The van der Waals surface area contributed by atoms with Crippen molar-refractivity contribution in [2.45, 2.75) is 30.7 Å². The minimum Gasteiger partial charge on any atom is -0.350 e. The van der Waals surface area contributed by atoms with Gasteiger partial charge in [-0.1, -0.05) is 19.1 Å². The lowest BCUT2D eigenvalue weighted by Gasteiger charge is -2.36. The number of benzene rings is 1. The molecule has 2 heterocycles. The van der Waals surface area contributed by atoms with Crippen molar-refractivity contribution in [1.82, 2.24) is 14.9 Å². The Morgan fingerprint density at radius 1 is 1.35 bits per heavy atom. The summed E-state index contributed by atoms with van der Waals surface area (Å²) in [5.74, 6) is -0.650. The van der Waals surface area contributed by atoms with Gasteiger partial charge in [0, 0.05) is 23.5 Å². The fraction of sp³-hybridized carbons (Fsp3) is 0.409. The third-order valence-electron chi connectivity index (χ3n) is 5.49. The molecule has 168 valence electrons. The van der Waals surface area contributed by atoms with Crippen LogP contribution >= 0.6 is 11.3 Å². The average molecular weight is 466 g/mol. The Balaban J connectivity index is 1.74. The van der Waals surface area contributed by atoms with Gasteiger partial charge in [-0.15, -0.1) is 17.9 Å². The Kier molecular flexibility index (Phi) is 7.99. The molecule has 1 amide bonds. The third-order valence-corrected chi connectivity index (χ3v) is 7.90. The van der Waals surface area contributed by atoms with E-state index in [0.717, 1.165) is 38.1 Å². The van der Waals surface area contributed by atoms with Crippen LogP contribution in [0.4, 0.5) is 4.39 Å². The number of nitrogens with zero attached hydrogens (tertiary/aromatic N) is 1. The topological polar surface area (TPSA) is 78.5 Å². The van der Waals surface area contributed by atoms with Crippen molar-refractivity contribution in [1.29, 1.82) is 0 Å². The number of hydrogen-bond acceptors (Lipinski definition) is 5. The molecule has 0 saturated carbocycles. The molecular formula is C22H28FN3O3S2. The molecule has 9 heteroatoms. The van der Waals surface area contributed by atoms with Crippen LogP contribution in [-0.2, 0) is 10.0 Å². The van der Waals surface area contributed by atoms with Crippen molar-refractivity contribution in [3.05, 3.63) is 64.6 Å². The predicted molar refractivity (Wildman–Crippen MR) is 121 cm³/mol. The standard InChI is InChI=1S/C22H28FN3O3S2/c1-3-10-25-31(28,29)21-14-17(6-7-18(21)23)22(27)24-15-19(20-5-4-13-30-20)26-11-8-16(2)9-12-26/h3-7,13-14,16,19,25H,1,8-12,15H2,2H3,(H,24,27). The van der Waals surface area contributed by atoms with E-state index in [9.17, 15) is 17.6 Å². The highest BCUT2D eigenvalue weighted by Crippen LogP contribution is 2.29. The van der Waals surface area contributed by atoms with E-state index in [2.05, 4.69) is 34.5 Å². The molecule has 1 unspecified atom stereocenters. The van der Waals surface area contributed by atoms with E-state index in [1.165, 1.54) is 17.0 Å². The van der Waals surface area contributed by atoms with Gasteiger partial charge in [0.1, 0.15) is 10.7 Å². The van der Waals surface area contributed by atoms with Crippen LogP contribution in [0.25, 0.3) is 0 Å². The van der Waals surface area contributed by atoms with Gasteiger partial charge < -0.3 is 5.32 Å². The Morgan fingerprint density at radius 2 is 2.10 bits per heavy atom. The van der Waals surface area contributed by atoms with Crippen LogP contribution in [0.5, 0.6) is 0 Å². The van der Waals surface area contributed by atoms with Gasteiger partial charge in [-0.3, -0.25) is 9.69 Å². The van der Waals surface area contributed by atoms with Crippen LogP contribution in [0.2, 0.25) is 0 Å². The number of piperidine rings is 1. The quantitative estimate of drug-likeness (QED) is 0.555. The van der Waals surface area contributed by atoms with Gasteiger partial charge >= 0.3 is 0 Å². The molecule has 1 aromatic carbocycles. The number of rotatable bonds is 9. The van der Waals surface area contributed by atoms with Crippen LogP contribution in [0.3, 0.4) is 0 Å². The number of hydrogen-bond donors (Lipinski definition) is 2. The summed E-state index contributed by atoms with van der Waals surface area (Å²) in [6.45, 7) is 7.99. The minimum atomic E-state index is -4.08. The molecule has 1 aromatic heterocycles. The van der Waals surface area contributed by atoms with Gasteiger partial charge in [0.15, 0.2) is 0 Å². The second-order valence-corrected chi connectivity index (χ2v) is 10.5. The Labute approximate surface area is 187 Å². The van der Waals surface area contributed by atoms with E-state index in [1.807, 2.05) is 11.4 Å². The first kappa shape index (κ1) is 23.6. The number of thiophene rings is 1. The summed E-state index contributed by atoms with van der Waals surface area (Å²) in [7, 11) is -4.08. The van der Waals surface area contributed by atoms with Crippen LogP contribution in [-0.4, -0.2) is 45.4 Å². The number of likely N-dealkylation sites (tertiary alicyclic amines) is 1. The van der Waals surface area contributed by atoms with Gasteiger partial charge in [0.05, 0.1) is 6.04 Å². The zero-order valence-electron chi connectivity index (χ0n) is 17.5. The predicted octanol–water partition coefficient (Wildman–Crippen LogP) is 3.55. The maximum Gasteiger partial charge on any atom is 0.251 e. The van der Waals surface area contributed by atoms with Gasteiger partial charge in [-0.25, -0.2) is 17.5 Å². The normalized spacial score (nSPS) is 16.7. The average Bonchev–Trinajstić information content (AvgIpc) is 3.28. The number of halogens is 1. The number of nitrogens with one attached hydrogen (secondary N) is 2. The smallest absolute Gasteiger partial charge is 0.251 e. The van der Waals surface area contributed by atoms with Gasteiger partial charge in [0.2, 0.25) is 10.0 Å². The molecule has 0 bridgehead atoms. The highest BCUT2D eigenvalue weighted by atomic mass is 32.2. The Morgan fingerprint density at radius 3 is 2.74 bits per heavy atom. The zero-order valence-corrected chi connectivity index (χ0v) is 19.1. The Hall–Kier alpha value is -2.07. The summed E-state index contributed by atoms with van der Waals surface area (Å²) in [5.41, 5.74) is 0.0950. The molecule has 0 radical (unpaired) electrons.